The van der Waals surface area contributed by atoms with Gasteiger partial charge in [0.2, 0.25) is 0 Å². The number of rotatable bonds is 2. The number of methoxy groups -OCH3 is 1. The van der Waals surface area contributed by atoms with Gasteiger partial charge in [-0.15, -0.1) is 11.3 Å². The quantitative estimate of drug-likeness (QED) is 0.691. The molecule has 3 rings (SSSR count). The average molecular weight is 244 g/mol. The second-order valence-corrected chi connectivity index (χ2v) is 5.13. The van der Waals surface area contributed by atoms with E-state index in [1.807, 2.05) is 28.9 Å². The van der Waals surface area contributed by atoms with Crippen molar-refractivity contribution in [2.24, 2.45) is 0 Å². The Balaban J connectivity index is 2.19. The highest BCUT2D eigenvalue weighted by atomic mass is 32.1. The van der Waals surface area contributed by atoms with Gasteiger partial charge in [0.25, 0.3) is 0 Å². The highest BCUT2D eigenvalue weighted by Crippen LogP contribution is 2.29. The third kappa shape index (κ3) is 1.70. The second-order valence-electron chi connectivity index (χ2n) is 3.84. The SMILES string of the molecule is COc1cccn2cc(-c3ccc(C)s3)nc12. The third-order valence-electron chi connectivity index (χ3n) is 2.66. The molecule has 3 aromatic heterocycles. The van der Waals surface area contributed by atoms with E-state index in [1.165, 1.54) is 9.75 Å². The minimum absolute atomic E-state index is 0.798. The monoisotopic (exact) mass is 244 g/mol. The van der Waals surface area contributed by atoms with Gasteiger partial charge in [-0.25, -0.2) is 4.98 Å². The summed E-state index contributed by atoms with van der Waals surface area (Å²) in [5.74, 6) is 0.798. The zero-order chi connectivity index (χ0) is 11.8. The number of aryl methyl sites for hydroxylation is 1. The van der Waals surface area contributed by atoms with E-state index >= 15 is 0 Å². The van der Waals surface area contributed by atoms with Gasteiger partial charge >= 0.3 is 0 Å². The molecule has 0 fully saturated rings. The van der Waals surface area contributed by atoms with E-state index < -0.39 is 0 Å². The minimum atomic E-state index is 0.798. The summed E-state index contributed by atoms with van der Waals surface area (Å²) in [6.45, 7) is 2.10. The molecule has 0 saturated heterocycles. The predicted octanol–water partition coefficient (Wildman–Crippen LogP) is 3.38. The van der Waals surface area contributed by atoms with Gasteiger partial charge in [-0.05, 0) is 31.2 Å². The first-order valence-corrected chi connectivity index (χ1v) is 6.18. The molecule has 86 valence electrons. The number of hydrogen-bond acceptors (Lipinski definition) is 3. The molecule has 0 spiro atoms. The van der Waals surface area contributed by atoms with E-state index in [4.69, 9.17) is 4.74 Å². The maximum atomic E-state index is 5.30. The van der Waals surface area contributed by atoms with E-state index in [2.05, 4.69) is 24.0 Å². The fourth-order valence-corrected chi connectivity index (χ4v) is 2.66. The molecule has 3 heterocycles. The van der Waals surface area contributed by atoms with Crippen molar-refractivity contribution < 1.29 is 4.74 Å². The number of pyridine rings is 1. The smallest absolute Gasteiger partial charge is 0.180 e. The Morgan fingerprint density at radius 1 is 1.29 bits per heavy atom. The standard InChI is InChI=1S/C13H12N2OS/c1-9-5-6-12(17-9)10-8-15-7-3-4-11(16-2)13(15)14-10/h3-8H,1-2H3. The van der Waals surface area contributed by atoms with Crippen LogP contribution in [0.15, 0.2) is 36.7 Å². The van der Waals surface area contributed by atoms with Crippen molar-refractivity contribution in [3.63, 3.8) is 0 Å². The molecule has 0 N–H and O–H groups in total. The number of fused-ring (bicyclic) bond motifs is 1. The molecule has 0 aliphatic heterocycles. The van der Waals surface area contributed by atoms with E-state index in [9.17, 15) is 0 Å². The fraction of sp³-hybridized carbons (Fsp3) is 0.154. The maximum Gasteiger partial charge on any atom is 0.180 e. The van der Waals surface area contributed by atoms with Crippen LogP contribution in [0.5, 0.6) is 5.75 Å². The summed E-state index contributed by atoms with van der Waals surface area (Å²) >= 11 is 1.75. The molecule has 17 heavy (non-hydrogen) atoms. The van der Waals surface area contributed by atoms with Crippen molar-refractivity contribution >= 4 is 17.0 Å². The largest absolute Gasteiger partial charge is 0.493 e. The van der Waals surface area contributed by atoms with Gasteiger partial charge in [-0.2, -0.15) is 0 Å². The normalized spacial score (nSPS) is 10.9. The molecular weight excluding hydrogens is 232 g/mol. The summed E-state index contributed by atoms with van der Waals surface area (Å²) in [4.78, 5) is 7.10. The molecular formula is C13H12N2OS. The van der Waals surface area contributed by atoms with Crippen molar-refractivity contribution in [3.8, 4) is 16.3 Å². The highest BCUT2D eigenvalue weighted by molar-refractivity contribution is 7.15. The van der Waals surface area contributed by atoms with Gasteiger partial charge in [-0.1, -0.05) is 0 Å². The Labute approximate surface area is 103 Å². The Morgan fingerprint density at radius 2 is 2.18 bits per heavy atom. The second kappa shape index (κ2) is 3.89. The van der Waals surface area contributed by atoms with Crippen molar-refractivity contribution in [2.45, 2.75) is 6.92 Å². The van der Waals surface area contributed by atoms with Gasteiger partial charge in [0.05, 0.1) is 17.7 Å². The fourth-order valence-electron chi connectivity index (χ4n) is 1.84. The van der Waals surface area contributed by atoms with Crippen LogP contribution in [-0.4, -0.2) is 16.5 Å². The van der Waals surface area contributed by atoms with Crippen LogP contribution < -0.4 is 4.74 Å². The minimum Gasteiger partial charge on any atom is -0.493 e. The Hall–Kier alpha value is -1.81. The summed E-state index contributed by atoms with van der Waals surface area (Å²) < 4.78 is 7.29. The van der Waals surface area contributed by atoms with E-state index in [0.717, 1.165) is 17.1 Å². The molecule has 0 aliphatic carbocycles. The van der Waals surface area contributed by atoms with Crippen molar-refractivity contribution in [1.29, 1.82) is 0 Å². The molecule has 0 radical (unpaired) electrons. The zero-order valence-electron chi connectivity index (χ0n) is 9.68. The molecule has 0 aromatic carbocycles. The van der Waals surface area contributed by atoms with E-state index in [-0.39, 0.29) is 0 Å². The van der Waals surface area contributed by atoms with Crippen molar-refractivity contribution in [1.82, 2.24) is 9.38 Å². The van der Waals surface area contributed by atoms with Crippen molar-refractivity contribution in [3.05, 3.63) is 41.5 Å². The molecule has 4 heteroatoms. The van der Waals surface area contributed by atoms with Crippen LogP contribution in [0.4, 0.5) is 0 Å². The van der Waals surface area contributed by atoms with Gasteiger partial charge < -0.3 is 9.14 Å². The molecule has 0 atom stereocenters. The molecule has 3 nitrogen and oxygen atoms in total. The molecule has 0 aliphatic rings. The Bertz CT molecular complexity index is 669. The molecule has 0 unspecified atom stereocenters. The lowest BCUT2D eigenvalue weighted by Gasteiger charge is -1.99. The summed E-state index contributed by atoms with van der Waals surface area (Å²) in [5, 5.41) is 0. The number of aromatic nitrogens is 2. The predicted molar refractivity (Wildman–Crippen MR) is 69.8 cm³/mol. The molecule has 3 aromatic rings. The summed E-state index contributed by atoms with van der Waals surface area (Å²) in [7, 11) is 1.67. The van der Waals surface area contributed by atoms with E-state index in [1.54, 1.807) is 18.4 Å². The average Bonchev–Trinajstić information content (AvgIpc) is 2.93. The van der Waals surface area contributed by atoms with Gasteiger partial charge in [0.15, 0.2) is 11.4 Å². The van der Waals surface area contributed by atoms with Gasteiger partial charge in [0.1, 0.15) is 0 Å². The van der Waals surface area contributed by atoms with Gasteiger partial charge in [-0.3, -0.25) is 0 Å². The van der Waals surface area contributed by atoms with Gasteiger partial charge in [0, 0.05) is 17.3 Å². The van der Waals surface area contributed by atoms with Crippen molar-refractivity contribution in [2.75, 3.05) is 7.11 Å². The zero-order valence-corrected chi connectivity index (χ0v) is 10.5. The van der Waals surface area contributed by atoms with Crippen LogP contribution in [0, 0.1) is 6.92 Å². The summed E-state index contributed by atoms with van der Waals surface area (Å²) in [6, 6.07) is 8.10. The Kier molecular flexibility index (Phi) is 2.37. The molecule has 0 bridgehead atoms. The summed E-state index contributed by atoms with van der Waals surface area (Å²) in [6.07, 6.45) is 4.01. The number of ether oxygens (including phenoxy) is 1. The number of nitrogens with zero attached hydrogens (tertiary/aromatic N) is 2. The lowest BCUT2D eigenvalue weighted by atomic mass is 10.4. The van der Waals surface area contributed by atoms with Crippen LogP contribution in [0.3, 0.4) is 0 Å². The molecule has 0 amide bonds. The van der Waals surface area contributed by atoms with Crippen LogP contribution >= 0.6 is 11.3 Å². The van der Waals surface area contributed by atoms with E-state index in [0.29, 0.717) is 0 Å². The number of thiophene rings is 1. The highest BCUT2D eigenvalue weighted by Gasteiger charge is 2.09. The van der Waals surface area contributed by atoms with Crippen LogP contribution in [0.25, 0.3) is 16.2 Å². The number of hydrogen-bond donors (Lipinski definition) is 0. The first-order chi connectivity index (χ1) is 8.28. The summed E-state index contributed by atoms with van der Waals surface area (Å²) in [5.41, 5.74) is 1.85. The molecule has 0 saturated carbocycles. The first-order valence-electron chi connectivity index (χ1n) is 5.36. The third-order valence-corrected chi connectivity index (χ3v) is 3.68. The first kappa shape index (κ1) is 10.4. The maximum absolute atomic E-state index is 5.30. The Morgan fingerprint density at radius 3 is 2.88 bits per heavy atom. The van der Waals surface area contributed by atoms with Crippen LogP contribution in [0.2, 0.25) is 0 Å². The topological polar surface area (TPSA) is 26.5 Å². The van der Waals surface area contributed by atoms with Crippen LogP contribution in [-0.2, 0) is 0 Å². The number of imidazole rings is 1. The lowest BCUT2D eigenvalue weighted by Crippen LogP contribution is -1.88. The van der Waals surface area contributed by atoms with Crippen LogP contribution in [0.1, 0.15) is 4.88 Å². The lowest BCUT2D eigenvalue weighted by molar-refractivity contribution is 0.417.